The Morgan fingerprint density at radius 2 is 2.00 bits per heavy atom. The van der Waals surface area contributed by atoms with Gasteiger partial charge in [0.05, 0.1) is 11.0 Å². The van der Waals surface area contributed by atoms with Gasteiger partial charge in [-0.1, -0.05) is 54.3 Å². The predicted molar refractivity (Wildman–Crippen MR) is 92.7 cm³/mol. The van der Waals surface area contributed by atoms with Crippen LogP contribution in [0.15, 0.2) is 47.6 Å². The van der Waals surface area contributed by atoms with Crippen LogP contribution in [0.5, 0.6) is 0 Å². The third kappa shape index (κ3) is 3.25. The Kier molecular flexibility index (Phi) is 3.94. The van der Waals surface area contributed by atoms with Gasteiger partial charge in [0.15, 0.2) is 5.16 Å². The van der Waals surface area contributed by atoms with Crippen molar-refractivity contribution in [1.82, 2.24) is 9.97 Å². The molecule has 0 saturated carbocycles. The molecule has 0 amide bonds. The first-order chi connectivity index (χ1) is 10.1. The highest BCUT2D eigenvalue weighted by Gasteiger charge is 2.04. The number of nitrogens with two attached hydrogens (primary N) is 1. The second-order valence-electron chi connectivity index (χ2n) is 4.91. The molecule has 2 aromatic carbocycles. The van der Waals surface area contributed by atoms with Crippen LogP contribution < -0.4 is 5.73 Å². The number of H-pyrrole nitrogens is 1. The Hall–Kier alpha value is -1.85. The average molecular weight is 313 g/mol. The summed E-state index contributed by atoms with van der Waals surface area (Å²) in [6.45, 7) is 2.08. The summed E-state index contributed by atoms with van der Waals surface area (Å²) >= 11 is 6.64. The number of nitrogens with one attached hydrogen (secondary N) is 1. The fraction of sp³-hybridized carbons (Fsp3) is 0.125. The zero-order valence-electron chi connectivity index (χ0n) is 11.6. The molecule has 0 fully saturated rings. The fourth-order valence-electron chi connectivity index (χ4n) is 2.09. The Labute approximate surface area is 133 Å². The van der Waals surface area contributed by atoms with Crippen LogP contribution >= 0.6 is 24.0 Å². The lowest BCUT2D eigenvalue weighted by Gasteiger charge is -2.01. The van der Waals surface area contributed by atoms with Gasteiger partial charge < -0.3 is 10.7 Å². The predicted octanol–water partition coefficient (Wildman–Crippen LogP) is 3.80. The molecule has 0 radical (unpaired) electrons. The summed E-state index contributed by atoms with van der Waals surface area (Å²) in [6, 6.07) is 14.3. The van der Waals surface area contributed by atoms with Crippen molar-refractivity contribution in [2.75, 3.05) is 0 Å². The molecule has 1 heterocycles. The minimum atomic E-state index is 0.432. The van der Waals surface area contributed by atoms with Gasteiger partial charge in [0, 0.05) is 11.3 Å². The van der Waals surface area contributed by atoms with Crippen molar-refractivity contribution in [3.8, 4) is 0 Å². The standard InChI is InChI=1S/C16H15N3S2/c1-10-2-7-13-14(8-10)19-16(18-13)21-9-11-3-5-12(6-4-11)15(17)20/h2-8H,9H2,1H3,(H2,17,20)(H,18,19). The molecule has 0 atom stereocenters. The molecule has 0 saturated heterocycles. The van der Waals surface area contributed by atoms with Gasteiger partial charge in [-0.3, -0.25) is 0 Å². The molecule has 3 N–H and O–H groups in total. The Balaban J connectivity index is 1.72. The normalized spacial score (nSPS) is 10.9. The number of aromatic nitrogens is 2. The number of fused-ring (bicyclic) bond motifs is 1. The van der Waals surface area contributed by atoms with E-state index in [0.29, 0.717) is 4.99 Å². The smallest absolute Gasteiger partial charge is 0.166 e. The lowest BCUT2D eigenvalue weighted by molar-refractivity contribution is 1.08. The number of benzene rings is 2. The summed E-state index contributed by atoms with van der Waals surface area (Å²) in [7, 11) is 0. The van der Waals surface area contributed by atoms with Crippen molar-refractivity contribution in [2.45, 2.75) is 17.8 Å². The molecule has 0 aliphatic carbocycles. The maximum absolute atomic E-state index is 5.60. The minimum Gasteiger partial charge on any atom is -0.389 e. The summed E-state index contributed by atoms with van der Waals surface area (Å²) in [5.41, 5.74) is 11.0. The largest absolute Gasteiger partial charge is 0.389 e. The van der Waals surface area contributed by atoms with E-state index in [-0.39, 0.29) is 0 Å². The first kappa shape index (κ1) is 14.1. The van der Waals surface area contributed by atoms with Crippen LogP contribution in [-0.2, 0) is 5.75 Å². The van der Waals surface area contributed by atoms with E-state index in [4.69, 9.17) is 18.0 Å². The molecule has 1 aromatic heterocycles. The van der Waals surface area contributed by atoms with Crippen LogP contribution in [0, 0.1) is 6.92 Å². The molecule has 3 nitrogen and oxygen atoms in total. The first-order valence-corrected chi connectivity index (χ1v) is 7.99. The van der Waals surface area contributed by atoms with Crippen LogP contribution in [0.3, 0.4) is 0 Å². The minimum absolute atomic E-state index is 0.432. The van der Waals surface area contributed by atoms with E-state index >= 15 is 0 Å². The maximum atomic E-state index is 5.60. The summed E-state index contributed by atoms with van der Waals surface area (Å²) in [5.74, 6) is 0.858. The highest BCUT2D eigenvalue weighted by atomic mass is 32.2. The molecule has 0 aliphatic heterocycles. The van der Waals surface area contributed by atoms with Gasteiger partial charge in [-0.15, -0.1) is 0 Å². The number of hydrogen-bond acceptors (Lipinski definition) is 3. The number of thiocarbonyl (C=S) groups is 1. The van der Waals surface area contributed by atoms with Crippen LogP contribution in [0.25, 0.3) is 11.0 Å². The van der Waals surface area contributed by atoms with Gasteiger partial charge in [-0.05, 0) is 30.2 Å². The van der Waals surface area contributed by atoms with Crippen molar-refractivity contribution >= 4 is 40.0 Å². The number of thioether (sulfide) groups is 1. The lowest BCUT2D eigenvalue weighted by Crippen LogP contribution is -2.08. The van der Waals surface area contributed by atoms with Crippen LogP contribution in [0.4, 0.5) is 0 Å². The van der Waals surface area contributed by atoms with Crippen molar-refractivity contribution in [3.63, 3.8) is 0 Å². The lowest BCUT2D eigenvalue weighted by atomic mass is 10.1. The number of aryl methyl sites for hydroxylation is 1. The van der Waals surface area contributed by atoms with Crippen LogP contribution in [0.2, 0.25) is 0 Å². The van der Waals surface area contributed by atoms with Crippen molar-refractivity contribution in [2.24, 2.45) is 5.73 Å². The van der Waals surface area contributed by atoms with Gasteiger partial charge in [-0.2, -0.15) is 0 Å². The van der Waals surface area contributed by atoms with Crippen molar-refractivity contribution in [3.05, 3.63) is 59.2 Å². The number of aromatic amines is 1. The number of nitrogens with zero attached hydrogens (tertiary/aromatic N) is 1. The SMILES string of the molecule is Cc1ccc2nc(SCc3ccc(C(N)=S)cc3)[nH]c2c1. The third-order valence-electron chi connectivity index (χ3n) is 3.23. The quantitative estimate of drug-likeness (QED) is 0.568. The Morgan fingerprint density at radius 1 is 1.24 bits per heavy atom. The van der Waals surface area contributed by atoms with E-state index in [1.807, 2.05) is 30.3 Å². The second kappa shape index (κ2) is 5.87. The zero-order valence-corrected chi connectivity index (χ0v) is 13.2. The topological polar surface area (TPSA) is 54.7 Å². The van der Waals surface area contributed by atoms with E-state index < -0.39 is 0 Å². The molecule has 0 unspecified atom stereocenters. The molecule has 0 aliphatic rings. The van der Waals surface area contributed by atoms with E-state index in [9.17, 15) is 0 Å². The van der Waals surface area contributed by atoms with Crippen LogP contribution in [0.1, 0.15) is 16.7 Å². The van der Waals surface area contributed by atoms with Crippen molar-refractivity contribution < 1.29 is 0 Å². The molecule has 3 aromatic rings. The van der Waals surface area contributed by atoms with Gasteiger partial charge >= 0.3 is 0 Å². The second-order valence-corrected chi connectivity index (χ2v) is 6.32. The highest BCUT2D eigenvalue weighted by molar-refractivity contribution is 7.98. The van der Waals surface area contributed by atoms with Gasteiger partial charge in [0.1, 0.15) is 4.99 Å². The van der Waals surface area contributed by atoms with Crippen molar-refractivity contribution in [1.29, 1.82) is 0 Å². The van der Waals surface area contributed by atoms with E-state index in [1.165, 1.54) is 11.1 Å². The molecule has 0 bridgehead atoms. The van der Waals surface area contributed by atoms with Gasteiger partial charge in [-0.25, -0.2) is 4.98 Å². The Bertz CT molecular complexity index is 791. The summed E-state index contributed by atoms with van der Waals surface area (Å²) < 4.78 is 0. The molecule has 0 spiro atoms. The maximum Gasteiger partial charge on any atom is 0.166 e. The third-order valence-corrected chi connectivity index (χ3v) is 4.41. The molecule has 5 heteroatoms. The summed E-state index contributed by atoms with van der Waals surface area (Å²) in [5, 5.41) is 0.939. The number of imidazole rings is 1. The Morgan fingerprint density at radius 3 is 2.71 bits per heavy atom. The summed E-state index contributed by atoms with van der Waals surface area (Å²) in [4.78, 5) is 8.36. The van der Waals surface area contributed by atoms with E-state index in [1.54, 1.807) is 11.8 Å². The number of hydrogen-bond donors (Lipinski definition) is 2. The molecular weight excluding hydrogens is 298 g/mol. The van der Waals surface area contributed by atoms with Gasteiger partial charge in [0.2, 0.25) is 0 Å². The highest BCUT2D eigenvalue weighted by Crippen LogP contribution is 2.23. The molecule has 106 valence electrons. The summed E-state index contributed by atoms with van der Waals surface area (Å²) in [6.07, 6.45) is 0. The number of rotatable bonds is 4. The molecule has 21 heavy (non-hydrogen) atoms. The van der Waals surface area contributed by atoms with E-state index in [2.05, 4.69) is 29.0 Å². The first-order valence-electron chi connectivity index (χ1n) is 6.60. The molecular formula is C16H15N3S2. The monoisotopic (exact) mass is 313 g/mol. The zero-order chi connectivity index (χ0) is 14.8. The van der Waals surface area contributed by atoms with E-state index in [0.717, 1.165) is 27.5 Å². The van der Waals surface area contributed by atoms with Crippen LogP contribution in [-0.4, -0.2) is 15.0 Å². The average Bonchev–Trinajstić information content (AvgIpc) is 2.87. The molecule has 3 rings (SSSR count). The fourth-order valence-corrected chi connectivity index (χ4v) is 3.06. The van der Waals surface area contributed by atoms with Gasteiger partial charge in [0.25, 0.3) is 0 Å².